The van der Waals surface area contributed by atoms with E-state index in [1.165, 1.54) is 0 Å². The third kappa shape index (κ3) is 3.42. The van der Waals surface area contributed by atoms with E-state index < -0.39 is 18.5 Å². The number of carbonyl (C=O) groups is 1. The first-order valence-corrected chi connectivity index (χ1v) is 6.77. The molecule has 2 aliphatic heterocycles. The average Bonchev–Trinajstić information content (AvgIpc) is 2.87. The molecular formula is C12H20F3N3O2. The van der Waals surface area contributed by atoms with E-state index in [0.717, 1.165) is 13.1 Å². The van der Waals surface area contributed by atoms with Crippen molar-refractivity contribution in [1.29, 1.82) is 0 Å². The number of rotatable bonds is 2. The van der Waals surface area contributed by atoms with Crippen LogP contribution in [0, 0.1) is 0 Å². The zero-order chi connectivity index (χ0) is 14.9. The van der Waals surface area contributed by atoms with Crippen molar-refractivity contribution >= 4 is 5.91 Å². The summed E-state index contributed by atoms with van der Waals surface area (Å²) in [6.45, 7) is 6.62. The predicted molar refractivity (Wildman–Crippen MR) is 66.0 cm³/mol. The topological polar surface area (TPSA) is 44.8 Å². The number of nitrogens with zero attached hydrogens (tertiary/aromatic N) is 2. The number of halogens is 3. The van der Waals surface area contributed by atoms with E-state index in [0.29, 0.717) is 19.1 Å². The minimum Gasteiger partial charge on any atom is -0.339 e. The van der Waals surface area contributed by atoms with Crippen LogP contribution in [0.3, 0.4) is 0 Å². The minimum atomic E-state index is -4.48. The largest absolute Gasteiger partial charge is 0.428 e. The van der Waals surface area contributed by atoms with Crippen LogP contribution in [0.15, 0.2) is 0 Å². The zero-order valence-electron chi connectivity index (χ0n) is 11.6. The van der Waals surface area contributed by atoms with Crippen molar-refractivity contribution in [2.75, 3.05) is 32.7 Å². The third-order valence-corrected chi connectivity index (χ3v) is 3.72. The van der Waals surface area contributed by atoms with E-state index in [9.17, 15) is 18.0 Å². The molecule has 0 bridgehead atoms. The van der Waals surface area contributed by atoms with Crippen LogP contribution in [0.25, 0.3) is 0 Å². The molecule has 2 rings (SSSR count). The fourth-order valence-corrected chi connectivity index (χ4v) is 2.48. The normalized spacial score (nSPS) is 29.2. The van der Waals surface area contributed by atoms with Gasteiger partial charge in [-0.2, -0.15) is 13.2 Å². The van der Waals surface area contributed by atoms with E-state index in [1.807, 2.05) is 0 Å². The second-order valence-corrected chi connectivity index (χ2v) is 5.41. The maximum Gasteiger partial charge on any atom is 0.428 e. The van der Waals surface area contributed by atoms with Crippen LogP contribution in [-0.4, -0.2) is 73.0 Å². The molecular weight excluding hydrogens is 275 g/mol. The fourth-order valence-electron chi connectivity index (χ4n) is 2.48. The number of hydrogen-bond donors (Lipinski definition) is 1. The lowest BCUT2D eigenvalue weighted by Gasteiger charge is -2.37. The lowest BCUT2D eigenvalue weighted by Crippen LogP contribution is -2.53. The first kappa shape index (κ1) is 15.5. The maximum absolute atomic E-state index is 12.5. The molecule has 0 aromatic rings. The molecule has 0 aliphatic carbocycles. The number of piperazine rings is 1. The quantitative estimate of drug-likeness (QED) is 0.802. The Balaban J connectivity index is 1.85. The molecule has 0 radical (unpaired) electrons. The van der Waals surface area contributed by atoms with Gasteiger partial charge in [-0.15, -0.1) is 0 Å². The Bertz CT molecular complexity index is 354. The molecule has 0 aromatic carbocycles. The minimum absolute atomic E-state index is 0.0899. The van der Waals surface area contributed by atoms with Gasteiger partial charge in [-0.3, -0.25) is 15.0 Å². The molecule has 20 heavy (non-hydrogen) atoms. The molecule has 1 amide bonds. The van der Waals surface area contributed by atoms with Gasteiger partial charge in [-0.25, -0.2) is 0 Å². The average molecular weight is 295 g/mol. The summed E-state index contributed by atoms with van der Waals surface area (Å²) in [7, 11) is 0. The Morgan fingerprint density at radius 1 is 1.25 bits per heavy atom. The number of amides is 1. The highest BCUT2D eigenvalue weighted by Gasteiger charge is 2.47. The van der Waals surface area contributed by atoms with Gasteiger partial charge in [0.2, 0.25) is 6.23 Å². The van der Waals surface area contributed by atoms with Crippen LogP contribution in [0.4, 0.5) is 13.2 Å². The monoisotopic (exact) mass is 295 g/mol. The summed E-state index contributed by atoms with van der Waals surface area (Å²) in [4.78, 5) is 15.9. The van der Waals surface area contributed by atoms with Crippen LogP contribution >= 0.6 is 0 Å². The second kappa shape index (κ2) is 5.87. The predicted octanol–water partition coefficient (Wildman–Crippen LogP) is 0.416. The van der Waals surface area contributed by atoms with E-state index in [1.54, 1.807) is 4.90 Å². The fraction of sp³-hybridized carbons (Fsp3) is 0.917. The van der Waals surface area contributed by atoms with E-state index in [4.69, 9.17) is 4.74 Å². The maximum atomic E-state index is 12.5. The highest BCUT2D eigenvalue weighted by Crippen LogP contribution is 2.25. The summed E-state index contributed by atoms with van der Waals surface area (Å²) in [5.41, 5.74) is 0. The summed E-state index contributed by atoms with van der Waals surface area (Å²) >= 11 is 0. The van der Waals surface area contributed by atoms with Gasteiger partial charge < -0.3 is 9.64 Å². The van der Waals surface area contributed by atoms with Crippen molar-refractivity contribution in [3.8, 4) is 0 Å². The third-order valence-electron chi connectivity index (χ3n) is 3.72. The number of alkyl halides is 3. The zero-order valence-corrected chi connectivity index (χ0v) is 11.6. The lowest BCUT2D eigenvalue weighted by molar-refractivity contribution is -0.221. The highest BCUT2D eigenvalue weighted by molar-refractivity contribution is 5.81. The summed E-state index contributed by atoms with van der Waals surface area (Å²) in [6.07, 6.45) is -7.55. The van der Waals surface area contributed by atoms with E-state index in [2.05, 4.69) is 24.1 Å². The van der Waals surface area contributed by atoms with Crippen LogP contribution in [0.1, 0.15) is 13.8 Å². The molecule has 0 aromatic heterocycles. The number of hydrogen-bond acceptors (Lipinski definition) is 4. The molecule has 0 unspecified atom stereocenters. The number of carbonyl (C=O) groups excluding carboxylic acids is 1. The van der Waals surface area contributed by atoms with E-state index in [-0.39, 0.29) is 12.5 Å². The summed E-state index contributed by atoms with van der Waals surface area (Å²) in [5, 5.41) is 2.19. The van der Waals surface area contributed by atoms with Gasteiger partial charge >= 0.3 is 6.18 Å². The summed E-state index contributed by atoms with van der Waals surface area (Å²) < 4.78 is 42.2. The molecule has 2 heterocycles. The van der Waals surface area contributed by atoms with Crippen LogP contribution < -0.4 is 5.32 Å². The van der Waals surface area contributed by atoms with Crippen molar-refractivity contribution < 1.29 is 22.7 Å². The molecule has 1 N–H and O–H groups in total. The van der Waals surface area contributed by atoms with Gasteiger partial charge in [0.05, 0.1) is 0 Å². The van der Waals surface area contributed by atoms with Crippen LogP contribution in [0.5, 0.6) is 0 Å². The highest BCUT2D eigenvalue weighted by atomic mass is 19.4. The van der Waals surface area contributed by atoms with Crippen molar-refractivity contribution in [1.82, 2.24) is 15.1 Å². The van der Waals surface area contributed by atoms with E-state index >= 15 is 0 Å². The number of nitrogens with one attached hydrogen (secondary N) is 1. The Labute approximate surface area is 116 Å². The Morgan fingerprint density at radius 2 is 1.85 bits per heavy atom. The molecule has 5 nitrogen and oxygen atoms in total. The molecule has 8 heteroatoms. The molecule has 2 fully saturated rings. The van der Waals surface area contributed by atoms with Gasteiger partial charge in [0, 0.05) is 38.8 Å². The molecule has 116 valence electrons. The molecule has 2 aliphatic rings. The summed E-state index contributed by atoms with van der Waals surface area (Å²) in [5.74, 6) is -0.354. The number of ether oxygens (including phenoxy) is 1. The van der Waals surface area contributed by atoms with Crippen molar-refractivity contribution in [2.24, 2.45) is 0 Å². The Kier molecular flexibility index (Phi) is 4.55. The standard InChI is InChI=1S/C12H20F3N3O2/c1-8(2)17-3-5-18(6-4-17)10(19)9-7-16-11(20-9)12(13,14)15/h8-9,11,16H,3-7H2,1-2H3/t9-,11+/m0/s1. The Hall–Kier alpha value is -0.860. The van der Waals surface area contributed by atoms with Crippen molar-refractivity contribution in [3.05, 3.63) is 0 Å². The first-order chi connectivity index (χ1) is 9.29. The van der Waals surface area contributed by atoms with Gasteiger partial charge in [-0.1, -0.05) is 0 Å². The molecule has 0 saturated carbocycles. The second-order valence-electron chi connectivity index (χ2n) is 5.41. The van der Waals surface area contributed by atoms with Crippen LogP contribution in [-0.2, 0) is 9.53 Å². The van der Waals surface area contributed by atoms with Crippen LogP contribution in [0.2, 0.25) is 0 Å². The molecule has 2 saturated heterocycles. The SMILES string of the molecule is CC(C)N1CCN(C(=O)[C@@H]2CN[C@@H](C(F)(F)F)O2)CC1. The van der Waals surface area contributed by atoms with Gasteiger partial charge in [0.25, 0.3) is 5.91 Å². The van der Waals surface area contributed by atoms with Gasteiger partial charge in [0.1, 0.15) is 0 Å². The Morgan fingerprint density at radius 3 is 2.30 bits per heavy atom. The summed E-state index contributed by atoms with van der Waals surface area (Å²) in [6, 6.07) is 0.409. The molecule has 2 atom stereocenters. The lowest BCUT2D eigenvalue weighted by atomic mass is 10.2. The first-order valence-electron chi connectivity index (χ1n) is 6.77. The molecule has 0 spiro atoms. The van der Waals surface area contributed by atoms with Crippen molar-refractivity contribution in [3.63, 3.8) is 0 Å². The smallest absolute Gasteiger partial charge is 0.339 e. The van der Waals surface area contributed by atoms with Gasteiger partial charge in [0.15, 0.2) is 6.10 Å². The van der Waals surface area contributed by atoms with Crippen molar-refractivity contribution in [2.45, 2.75) is 38.4 Å². The van der Waals surface area contributed by atoms with Gasteiger partial charge in [-0.05, 0) is 13.8 Å².